The summed E-state index contributed by atoms with van der Waals surface area (Å²) in [5.74, 6) is 5.47. The van der Waals surface area contributed by atoms with Gasteiger partial charge in [-0.2, -0.15) is 0 Å². The second kappa shape index (κ2) is 5.30. The third-order valence-electron chi connectivity index (χ3n) is 1.73. The third-order valence-corrected chi connectivity index (χ3v) is 4.79. The number of rotatable bonds is 4. The number of nitrogens with one attached hydrogen (secondary N) is 1. The van der Waals surface area contributed by atoms with Crippen molar-refractivity contribution in [3.8, 4) is 11.8 Å². The minimum Gasteiger partial charge on any atom is -0.375 e. The Kier molecular flexibility index (Phi) is 4.29. The van der Waals surface area contributed by atoms with E-state index < -0.39 is 10.0 Å². The van der Waals surface area contributed by atoms with E-state index in [2.05, 4.69) is 21.5 Å². The predicted octanol–water partition coefficient (Wildman–Crippen LogP) is 0.725. The minimum absolute atomic E-state index is 0.175. The van der Waals surface area contributed by atoms with Crippen LogP contribution in [0.4, 0.5) is 5.13 Å². The van der Waals surface area contributed by atoms with E-state index in [9.17, 15) is 8.42 Å². The van der Waals surface area contributed by atoms with Crippen LogP contribution in [-0.2, 0) is 10.0 Å². The lowest BCUT2D eigenvalue weighted by molar-refractivity contribution is 0.584. The summed E-state index contributed by atoms with van der Waals surface area (Å²) in [7, 11) is -3.49. The van der Waals surface area contributed by atoms with Gasteiger partial charge in [0.1, 0.15) is 0 Å². The molecule has 0 spiro atoms. The molecule has 7 heteroatoms. The molecule has 1 aromatic rings. The van der Waals surface area contributed by atoms with Gasteiger partial charge in [-0.1, -0.05) is 11.3 Å². The minimum atomic E-state index is -3.49. The van der Waals surface area contributed by atoms with Crippen LogP contribution in [0.1, 0.15) is 19.0 Å². The van der Waals surface area contributed by atoms with Crippen LogP contribution in [0, 0.1) is 18.8 Å². The highest BCUT2D eigenvalue weighted by atomic mass is 32.2. The Bertz CT molecular complexity index is 523. The number of nitrogens with two attached hydrogens (primary N) is 1. The van der Waals surface area contributed by atoms with Gasteiger partial charge in [-0.15, -0.1) is 11.8 Å². The number of thiazole rings is 1. The fraction of sp³-hybridized carbons (Fsp3) is 0.444. The Morgan fingerprint density at radius 1 is 1.56 bits per heavy atom. The van der Waals surface area contributed by atoms with E-state index in [1.54, 1.807) is 13.8 Å². The van der Waals surface area contributed by atoms with Gasteiger partial charge in [-0.25, -0.2) is 18.1 Å². The summed E-state index contributed by atoms with van der Waals surface area (Å²) < 4.78 is 26.2. The van der Waals surface area contributed by atoms with Gasteiger partial charge in [0.05, 0.1) is 5.69 Å². The van der Waals surface area contributed by atoms with Crippen molar-refractivity contribution in [1.29, 1.82) is 0 Å². The zero-order chi connectivity index (χ0) is 12.2. The van der Waals surface area contributed by atoms with E-state index >= 15 is 0 Å². The molecule has 1 heterocycles. The first kappa shape index (κ1) is 13.0. The number of sulfonamides is 1. The number of aryl methyl sites for hydroxylation is 1. The summed E-state index contributed by atoms with van der Waals surface area (Å²) >= 11 is 0.965. The normalized spacial score (nSPS) is 10.9. The monoisotopic (exact) mass is 259 g/mol. The first-order valence-electron chi connectivity index (χ1n) is 4.59. The molecule has 0 aliphatic carbocycles. The highest BCUT2D eigenvalue weighted by molar-refractivity contribution is 7.91. The van der Waals surface area contributed by atoms with Gasteiger partial charge < -0.3 is 5.73 Å². The van der Waals surface area contributed by atoms with E-state index in [4.69, 9.17) is 5.73 Å². The Balaban J connectivity index is 2.77. The zero-order valence-corrected chi connectivity index (χ0v) is 10.7. The molecule has 0 aliphatic rings. The lowest BCUT2D eigenvalue weighted by atomic mass is 10.4. The van der Waals surface area contributed by atoms with E-state index in [1.807, 2.05) is 0 Å². The van der Waals surface area contributed by atoms with Crippen molar-refractivity contribution in [3.63, 3.8) is 0 Å². The number of anilines is 1. The molecule has 0 amide bonds. The van der Waals surface area contributed by atoms with Crippen LogP contribution in [0.3, 0.4) is 0 Å². The molecule has 0 fully saturated rings. The maximum Gasteiger partial charge on any atom is 0.252 e. The molecule has 0 saturated heterocycles. The second-order valence-corrected chi connectivity index (χ2v) is 5.99. The summed E-state index contributed by atoms with van der Waals surface area (Å²) in [5, 5.41) is 0.256. The van der Waals surface area contributed by atoms with Crippen LogP contribution >= 0.6 is 11.3 Å². The van der Waals surface area contributed by atoms with E-state index in [0.29, 0.717) is 18.7 Å². The Hall–Kier alpha value is -1.10. The zero-order valence-electron chi connectivity index (χ0n) is 9.07. The van der Waals surface area contributed by atoms with Crippen LogP contribution in [0.5, 0.6) is 0 Å². The standard InChI is InChI=1S/C9H13N3O2S2/c1-3-4-5-6-11-16(13,14)8-7(2)12-9(10)15-8/h11H,5-6H2,1-2H3,(H2,10,12). The van der Waals surface area contributed by atoms with Crippen molar-refractivity contribution in [3.05, 3.63) is 5.69 Å². The molecular weight excluding hydrogens is 246 g/mol. The summed E-state index contributed by atoms with van der Waals surface area (Å²) in [4.78, 5) is 3.87. The molecule has 1 rings (SSSR count). The van der Waals surface area contributed by atoms with E-state index in [1.165, 1.54) is 0 Å². The molecule has 0 bridgehead atoms. The number of aromatic nitrogens is 1. The Labute approximate surface area is 99.1 Å². The Morgan fingerprint density at radius 3 is 2.75 bits per heavy atom. The quantitative estimate of drug-likeness (QED) is 0.616. The van der Waals surface area contributed by atoms with Crippen molar-refractivity contribution < 1.29 is 8.42 Å². The molecule has 16 heavy (non-hydrogen) atoms. The SMILES string of the molecule is CC#CCCNS(=O)(=O)c1sc(N)nc1C. The van der Waals surface area contributed by atoms with Crippen LogP contribution in [-0.4, -0.2) is 19.9 Å². The molecule has 5 nitrogen and oxygen atoms in total. The summed E-state index contributed by atoms with van der Waals surface area (Å²) in [5.41, 5.74) is 5.87. The number of hydrogen-bond donors (Lipinski definition) is 2. The smallest absolute Gasteiger partial charge is 0.252 e. The van der Waals surface area contributed by atoms with Crippen LogP contribution in [0.2, 0.25) is 0 Å². The van der Waals surface area contributed by atoms with E-state index in [-0.39, 0.29) is 9.34 Å². The lowest BCUT2D eigenvalue weighted by Crippen LogP contribution is -2.24. The number of nitrogen functional groups attached to an aromatic ring is 1. The summed E-state index contributed by atoms with van der Waals surface area (Å²) in [6, 6.07) is 0. The molecule has 0 saturated carbocycles. The molecule has 0 aliphatic heterocycles. The van der Waals surface area contributed by atoms with E-state index in [0.717, 1.165) is 11.3 Å². The predicted molar refractivity (Wildman–Crippen MR) is 64.5 cm³/mol. The van der Waals surface area contributed by atoms with Crippen LogP contribution in [0.25, 0.3) is 0 Å². The first-order valence-corrected chi connectivity index (χ1v) is 6.89. The van der Waals surface area contributed by atoms with Crippen molar-refractivity contribution >= 4 is 26.5 Å². The molecule has 0 unspecified atom stereocenters. The molecule has 0 atom stereocenters. The largest absolute Gasteiger partial charge is 0.375 e. The van der Waals surface area contributed by atoms with Crippen molar-refractivity contribution in [2.75, 3.05) is 12.3 Å². The van der Waals surface area contributed by atoms with Gasteiger partial charge in [0.25, 0.3) is 10.0 Å². The number of hydrogen-bond acceptors (Lipinski definition) is 5. The van der Waals surface area contributed by atoms with Gasteiger partial charge in [0, 0.05) is 13.0 Å². The van der Waals surface area contributed by atoms with Gasteiger partial charge in [-0.05, 0) is 13.8 Å². The number of nitrogens with zero attached hydrogens (tertiary/aromatic N) is 1. The lowest BCUT2D eigenvalue weighted by Gasteiger charge is -2.02. The highest BCUT2D eigenvalue weighted by Crippen LogP contribution is 2.24. The summed E-state index contributed by atoms with van der Waals surface area (Å²) in [6.45, 7) is 3.62. The highest BCUT2D eigenvalue weighted by Gasteiger charge is 2.20. The van der Waals surface area contributed by atoms with Crippen LogP contribution < -0.4 is 10.5 Å². The molecular formula is C9H13N3O2S2. The topological polar surface area (TPSA) is 85.1 Å². The van der Waals surface area contributed by atoms with Gasteiger partial charge in [-0.3, -0.25) is 0 Å². The van der Waals surface area contributed by atoms with Gasteiger partial charge in [0.2, 0.25) is 0 Å². The maximum atomic E-state index is 11.8. The Morgan fingerprint density at radius 2 is 2.25 bits per heavy atom. The molecule has 88 valence electrons. The van der Waals surface area contributed by atoms with Gasteiger partial charge >= 0.3 is 0 Å². The molecule has 1 aromatic heterocycles. The fourth-order valence-electron chi connectivity index (χ4n) is 1.09. The van der Waals surface area contributed by atoms with Crippen LogP contribution in [0.15, 0.2) is 4.21 Å². The van der Waals surface area contributed by atoms with Crippen molar-refractivity contribution in [2.45, 2.75) is 24.5 Å². The molecule has 0 aromatic carbocycles. The van der Waals surface area contributed by atoms with Crippen molar-refractivity contribution in [1.82, 2.24) is 9.71 Å². The van der Waals surface area contributed by atoms with Crippen molar-refractivity contribution in [2.24, 2.45) is 0 Å². The third kappa shape index (κ3) is 3.20. The average Bonchev–Trinajstić information content (AvgIpc) is 2.53. The summed E-state index contributed by atoms with van der Waals surface area (Å²) in [6.07, 6.45) is 0.489. The molecule has 0 radical (unpaired) electrons. The average molecular weight is 259 g/mol. The second-order valence-electron chi connectivity index (χ2n) is 3.00. The maximum absolute atomic E-state index is 11.8. The molecule has 3 N–H and O–H groups in total. The fourth-order valence-corrected chi connectivity index (χ4v) is 3.46. The van der Waals surface area contributed by atoms with Gasteiger partial charge in [0.15, 0.2) is 9.34 Å². The first-order chi connectivity index (χ1) is 7.47.